The van der Waals surface area contributed by atoms with Gasteiger partial charge in [0.2, 0.25) is 11.9 Å². The molecule has 1 aromatic carbocycles. The summed E-state index contributed by atoms with van der Waals surface area (Å²) in [6.07, 6.45) is 4.86. The maximum absolute atomic E-state index is 12.8. The van der Waals surface area contributed by atoms with Gasteiger partial charge in [0.1, 0.15) is 11.2 Å². The van der Waals surface area contributed by atoms with Crippen molar-refractivity contribution >= 4 is 49.9 Å². The van der Waals surface area contributed by atoms with Crippen molar-refractivity contribution in [3.05, 3.63) is 24.3 Å². The van der Waals surface area contributed by atoms with Crippen LogP contribution in [0.15, 0.2) is 29.3 Å². The molecule has 2 aliphatic heterocycles. The Morgan fingerprint density at radius 1 is 1.03 bits per heavy atom. The van der Waals surface area contributed by atoms with Gasteiger partial charge in [-0.3, -0.25) is 9.89 Å². The highest BCUT2D eigenvalue weighted by atomic mass is 32.2. The van der Waals surface area contributed by atoms with Gasteiger partial charge in [-0.1, -0.05) is 0 Å². The van der Waals surface area contributed by atoms with E-state index >= 15 is 0 Å². The minimum Gasteiger partial charge on any atom is -0.378 e. The van der Waals surface area contributed by atoms with E-state index < -0.39 is 9.84 Å². The number of carbonyl (C=O) groups excluding carboxylic acids is 1. The van der Waals surface area contributed by atoms with Gasteiger partial charge in [0.15, 0.2) is 20.5 Å². The molecule has 1 aliphatic carbocycles. The number of nitrogens with zero attached hydrogens (tertiary/aromatic N) is 5. The first-order valence-corrected chi connectivity index (χ1v) is 15.0. The molecular weight excluding hydrogens is 508 g/mol. The highest BCUT2D eigenvalue weighted by molar-refractivity contribution is 7.90. The fraction of sp³-hybridized carbons (Fsp3) is 0.520. The van der Waals surface area contributed by atoms with Crippen LogP contribution in [0.4, 0.5) is 23.1 Å². The van der Waals surface area contributed by atoms with Crippen LogP contribution in [-0.4, -0.2) is 91.1 Å². The highest BCUT2D eigenvalue weighted by Crippen LogP contribution is 2.32. The average Bonchev–Trinajstić information content (AvgIpc) is 3.63. The topological polar surface area (TPSA) is 145 Å². The van der Waals surface area contributed by atoms with Crippen LogP contribution in [-0.2, 0) is 19.4 Å². The normalized spacial score (nSPS) is 19.1. The van der Waals surface area contributed by atoms with Gasteiger partial charge in [0, 0.05) is 55.8 Å². The zero-order valence-corrected chi connectivity index (χ0v) is 22.1. The van der Waals surface area contributed by atoms with Crippen LogP contribution < -0.4 is 15.5 Å². The largest absolute Gasteiger partial charge is 0.378 e. The van der Waals surface area contributed by atoms with Crippen molar-refractivity contribution in [1.29, 1.82) is 0 Å². The lowest BCUT2D eigenvalue weighted by molar-refractivity contribution is -0.140. The highest BCUT2D eigenvalue weighted by Gasteiger charge is 2.30. The predicted octanol–water partition coefficient (Wildman–Crippen LogP) is 2.15. The van der Waals surface area contributed by atoms with Crippen LogP contribution >= 0.6 is 0 Å². The zero-order valence-electron chi connectivity index (χ0n) is 21.3. The number of piperidine rings is 1. The Labute approximate surface area is 221 Å². The fourth-order valence-electron chi connectivity index (χ4n) is 5.06. The molecule has 3 aliphatic rings. The average molecular weight is 541 g/mol. The SMILES string of the molecule is CS(=O)(=O)c1[nH]nc2nc(Nc3ccc(N4CCC(C(=O)N5CCOCC5)CC4)cc3)nc(NC3CC3)c12. The molecule has 1 saturated carbocycles. The molecule has 0 bridgehead atoms. The summed E-state index contributed by atoms with van der Waals surface area (Å²) in [5.41, 5.74) is 2.20. The fourth-order valence-corrected chi connectivity index (χ4v) is 5.83. The number of carbonyl (C=O) groups is 1. The Bertz CT molecular complexity index is 1420. The van der Waals surface area contributed by atoms with Gasteiger partial charge in [-0.25, -0.2) is 8.42 Å². The van der Waals surface area contributed by atoms with Gasteiger partial charge in [0.05, 0.1) is 13.2 Å². The number of sulfone groups is 1. The molecule has 3 N–H and O–H groups in total. The number of rotatable bonds is 7. The number of hydrogen-bond acceptors (Lipinski definition) is 10. The van der Waals surface area contributed by atoms with Crippen molar-refractivity contribution in [3.63, 3.8) is 0 Å². The Hall–Kier alpha value is -3.45. The summed E-state index contributed by atoms with van der Waals surface area (Å²) in [7, 11) is -3.51. The Morgan fingerprint density at radius 3 is 2.39 bits per heavy atom. The van der Waals surface area contributed by atoms with Gasteiger partial charge < -0.3 is 25.2 Å². The zero-order chi connectivity index (χ0) is 26.3. The number of ether oxygens (including phenoxy) is 1. The molecule has 0 radical (unpaired) electrons. The van der Waals surface area contributed by atoms with Gasteiger partial charge in [-0.15, -0.1) is 0 Å². The van der Waals surface area contributed by atoms with Gasteiger partial charge in [-0.05, 0) is 49.9 Å². The lowest BCUT2D eigenvalue weighted by Gasteiger charge is -2.36. The second kappa shape index (κ2) is 10.0. The molecule has 2 saturated heterocycles. The summed E-state index contributed by atoms with van der Waals surface area (Å²) in [5, 5.41) is 13.7. The second-order valence-corrected chi connectivity index (χ2v) is 12.2. The first-order chi connectivity index (χ1) is 18.3. The molecule has 4 heterocycles. The first kappa shape index (κ1) is 24.9. The smallest absolute Gasteiger partial charge is 0.231 e. The number of anilines is 4. The number of aromatic amines is 1. The standard InChI is InChI=1S/C25H32N8O4S/c1-38(35,36)23-20-21(26-17-2-3-17)28-25(29-22(20)30-31-23)27-18-4-6-19(7-5-18)32-10-8-16(9-11-32)24(34)33-12-14-37-15-13-33/h4-7,16-17H,2-3,8-15H2,1H3,(H3,26,27,28,29,30,31). The van der Waals surface area contributed by atoms with E-state index in [4.69, 9.17) is 4.74 Å². The Kier molecular flexibility index (Phi) is 6.56. The van der Waals surface area contributed by atoms with Gasteiger partial charge in [-0.2, -0.15) is 15.1 Å². The molecule has 0 spiro atoms. The van der Waals surface area contributed by atoms with E-state index in [2.05, 4.69) is 35.7 Å². The van der Waals surface area contributed by atoms with Crippen molar-refractivity contribution in [2.45, 2.75) is 36.8 Å². The third kappa shape index (κ3) is 5.25. The minimum atomic E-state index is -3.51. The number of aromatic nitrogens is 4. The molecule has 1 amide bonds. The van der Waals surface area contributed by atoms with Crippen LogP contribution in [0, 0.1) is 5.92 Å². The summed E-state index contributed by atoms with van der Waals surface area (Å²) in [4.78, 5) is 26.1. The number of hydrogen-bond donors (Lipinski definition) is 3. The first-order valence-electron chi connectivity index (χ1n) is 13.1. The molecular formula is C25H32N8O4S. The third-order valence-electron chi connectivity index (χ3n) is 7.32. The number of amides is 1. The third-order valence-corrected chi connectivity index (χ3v) is 8.36. The monoisotopic (exact) mass is 540 g/mol. The Morgan fingerprint density at radius 2 is 1.74 bits per heavy atom. The number of nitrogens with one attached hydrogen (secondary N) is 3. The molecule has 0 unspecified atom stereocenters. The molecule has 3 fully saturated rings. The summed E-state index contributed by atoms with van der Waals surface area (Å²) < 4.78 is 29.8. The lowest BCUT2D eigenvalue weighted by Crippen LogP contribution is -2.46. The van der Waals surface area contributed by atoms with E-state index in [1.54, 1.807) is 0 Å². The van der Waals surface area contributed by atoms with Gasteiger partial charge in [0.25, 0.3) is 0 Å². The van der Waals surface area contributed by atoms with E-state index in [0.29, 0.717) is 43.5 Å². The molecule has 12 nitrogen and oxygen atoms in total. The lowest BCUT2D eigenvalue weighted by atomic mass is 9.94. The summed E-state index contributed by atoms with van der Waals surface area (Å²) in [6.45, 7) is 4.33. The maximum atomic E-state index is 12.8. The van der Waals surface area contributed by atoms with Crippen molar-refractivity contribution in [3.8, 4) is 0 Å². The molecule has 2 aromatic heterocycles. The van der Waals surface area contributed by atoms with Gasteiger partial charge >= 0.3 is 0 Å². The van der Waals surface area contributed by atoms with E-state index in [0.717, 1.165) is 56.4 Å². The summed E-state index contributed by atoms with van der Waals surface area (Å²) in [5.74, 6) is 1.14. The molecule has 13 heteroatoms. The maximum Gasteiger partial charge on any atom is 0.231 e. The van der Waals surface area contributed by atoms with Crippen LogP contribution in [0.2, 0.25) is 0 Å². The molecule has 3 aromatic rings. The number of morpholine rings is 1. The molecule has 38 heavy (non-hydrogen) atoms. The predicted molar refractivity (Wildman–Crippen MR) is 143 cm³/mol. The van der Waals surface area contributed by atoms with Crippen LogP contribution in [0.1, 0.15) is 25.7 Å². The van der Waals surface area contributed by atoms with Crippen LogP contribution in [0.25, 0.3) is 11.0 Å². The summed E-state index contributed by atoms with van der Waals surface area (Å²) >= 11 is 0. The number of fused-ring (bicyclic) bond motifs is 1. The number of benzene rings is 1. The molecule has 202 valence electrons. The van der Waals surface area contributed by atoms with Crippen LogP contribution in [0.5, 0.6) is 0 Å². The Balaban J connectivity index is 1.13. The molecule has 0 atom stereocenters. The van der Waals surface area contributed by atoms with E-state index in [1.165, 1.54) is 0 Å². The van der Waals surface area contributed by atoms with E-state index in [1.807, 2.05) is 29.2 Å². The van der Waals surface area contributed by atoms with E-state index in [9.17, 15) is 13.2 Å². The van der Waals surface area contributed by atoms with E-state index in [-0.39, 0.29) is 28.5 Å². The number of H-pyrrole nitrogens is 1. The molecule has 6 rings (SSSR count). The second-order valence-electron chi connectivity index (χ2n) is 10.2. The van der Waals surface area contributed by atoms with Crippen molar-refractivity contribution in [1.82, 2.24) is 25.1 Å². The van der Waals surface area contributed by atoms with Crippen molar-refractivity contribution in [2.75, 3.05) is 61.2 Å². The van der Waals surface area contributed by atoms with Crippen molar-refractivity contribution < 1.29 is 17.9 Å². The minimum absolute atomic E-state index is 0.0157. The van der Waals surface area contributed by atoms with Crippen LogP contribution in [0.3, 0.4) is 0 Å². The summed E-state index contributed by atoms with van der Waals surface area (Å²) in [6, 6.07) is 8.30. The quantitative estimate of drug-likeness (QED) is 0.407. The van der Waals surface area contributed by atoms with Crippen molar-refractivity contribution in [2.24, 2.45) is 5.92 Å².